The van der Waals surface area contributed by atoms with E-state index in [-0.39, 0.29) is 0 Å². The van der Waals surface area contributed by atoms with Gasteiger partial charge in [-0.1, -0.05) is 6.08 Å². The van der Waals surface area contributed by atoms with E-state index in [2.05, 4.69) is 4.52 Å². The molecule has 0 saturated heterocycles. The van der Waals surface area contributed by atoms with E-state index in [0.717, 1.165) is 12.2 Å². The van der Waals surface area contributed by atoms with Crippen LogP contribution in [0.25, 0.3) is 0 Å². The lowest BCUT2D eigenvalue weighted by atomic mass is 10.3. The highest BCUT2D eigenvalue weighted by Crippen LogP contribution is 2.35. The SMILES string of the molecule is O=CC=CC(O)COP(=O)(O)O. The van der Waals surface area contributed by atoms with Crippen LogP contribution in [0.4, 0.5) is 0 Å². The maximum Gasteiger partial charge on any atom is 0.469 e. The van der Waals surface area contributed by atoms with Crippen LogP contribution >= 0.6 is 7.82 Å². The Hall–Kier alpha value is -0.520. The highest BCUT2D eigenvalue weighted by Gasteiger charge is 2.15. The van der Waals surface area contributed by atoms with Gasteiger partial charge in [0.15, 0.2) is 0 Å². The smallest absolute Gasteiger partial charge is 0.387 e. The Morgan fingerprint density at radius 3 is 2.50 bits per heavy atom. The van der Waals surface area contributed by atoms with Gasteiger partial charge in [-0.15, -0.1) is 0 Å². The van der Waals surface area contributed by atoms with Crippen LogP contribution in [0, 0.1) is 0 Å². The average Bonchev–Trinajstić information content (AvgIpc) is 1.95. The Morgan fingerprint density at radius 1 is 1.50 bits per heavy atom. The minimum Gasteiger partial charge on any atom is -0.387 e. The molecule has 70 valence electrons. The second-order valence-electron chi connectivity index (χ2n) is 1.87. The standard InChI is InChI=1S/C5H9O6P/c6-3-1-2-5(7)4-11-12(8,9)10/h1-3,5,7H,4H2,(H2,8,9,10). The topological polar surface area (TPSA) is 104 Å². The summed E-state index contributed by atoms with van der Waals surface area (Å²) in [4.78, 5) is 26.1. The van der Waals surface area contributed by atoms with Gasteiger partial charge in [0.25, 0.3) is 0 Å². The van der Waals surface area contributed by atoms with Gasteiger partial charge in [-0.05, 0) is 6.08 Å². The summed E-state index contributed by atoms with van der Waals surface area (Å²) in [6.07, 6.45) is 1.31. The van der Waals surface area contributed by atoms with Crippen molar-refractivity contribution in [2.45, 2.75) is 6.10 Å². The summed E-state index contributed by atoms with van der Waals surface area (Å²) < 4.78 is 14.0. The first-order valence-corrected chi connectivity index (χ1v) is 4.49. The lowest BCUT2D eigenvalue weighted by Crippen LogP contribution is -2.10. The molecule has 0 heterocycles. The van der Waals surface area contributed by atoms with Crippen LogP contribution in [0.5, 0.6) is 0 Å². The Balaban J connectivity index is 3.71. The number of aldehydes is 1. The van der Waals surface area contributed by atoms with Gasteiger partial charge in [0, 0.05) is 0 Å². The molecule has 0 aliphatic rings. The number of carbonyl (C=O) groups excluding carboxylic acids is 1. The summed E-state index contributed by atoms with van der Waals surface area (Å²) in [5.41, 5.74) is 0. The fourth-order valence-corrected chi connectivity index (χ4v) is 0.750. The Kier molecular flexibility index (Phi) is 4.96. The van der Waals surface area contributed by atoms with E-state index in [9.17, 15) is 9.36 Å². The quantitative estimate of drug-likeness (QED) is 0.302. The highest BCUT2D eigenvalue weighted by molar-refractivity contribution is 7.46. The Morgan fingerprint density at radius 2 is 2.08 bits per heavy atom. The van der Waals surface area contributed by atoms with Gasteiger partial charge >= 0.3 is 7.82 Å². The molecule has 0 aromatic heterocycles. The molecule has 0 aromatic rings. The number of carbonyl (C=O) groups is 1. The van der Waals surface area contributed by atoms with Crippen LogP contribution in [-0.4, -0.2) is 33.9 Å². The van der Waals surface area contributed by atoms with Crippen LogP contribution in [0.15, 0.2) is 12.2 Å². The number of phosphoric ester groups is 1. The first kappa shape index (κ1) is 11.5. The molecule has 6 nitrogen and oxygen atoms in total. The summed E-state index contributed by atoms with van der Waals surface area (Å²) in [5.74, 6) is 0. The van der Waals surface area contributed by atoms with E-state index >= 15 is 0 Å². The molecule has 0 aliphatic heterocycles. The van der Waals surface area contributed by atoms with Crippen molar-refractivity contribution in [2.75, 3.05) is 6.61 Å². The maximum atomic E-state index is 10.1. The van der Waals surface area contributed by atoms with Crippen LogP contribution < -0.4 is 0 Å². The van der Waals surface area contributed by atoms with Gasteiger partial charge in [0.05, 0.1) is 12.7 Å². The van der Waals surface area contributed by atoms with Gasteiger partial charge in [0.1, 0.15) is 6.29 Å². The number of phosphoric acid groups is 1. The third-order valence-electron chi connectivity index (χ3n) is 0.825. The molecule has 1 unspecified atom stereocenters. The van der Waals surface area contributed by atoms with Crippen molar-refractivity contribution >= 4 is 14.1 Å². The molecular formula is C5H9O6P. The van der Waals surface area contributed by atoms with E-state index in [1.165, 1.54) is 0 Å². The largest absolute Gasteiger partial charge is 0.469 e. The first-order chi connectivity index (χ1) is 5.45. The number of allylic oxidation sites excluding steroid dienone is 1. The fraction of sp³-hybridized carbons (Fsp3) is 0.400. The van der Waals surface area contributed by atoms with Crippen molar-refractivity contribution in [2.24, 2.45) is 0 Å². The molecule has 0 rings (SSSR count). The molecule has 3 N–H and O–H groups in total. The molecule has 1 atom stereocenters. The zero-order valence-electron chi connectivity index (χ0n) is 6.03. The molecule has 12 heavy (non-hydrogen) atoms. The van der Waals surface area contributed by atoms with Crippen molar-refractivity contribution in [1.82, 2.24) is 0 Å². The van der Waals surface area contributed by atoms with Gasteiger partial charge in [-0.3, -0.25) is 9.32 Å². The fourth-order valence-electron chi connectivity index (χ4n) is 0.403. The molecule has 0 saturated carbocycles. The van der Waals surface area contributed by atoms with Crippen molar-refractivity contribution < 1.29 is 28.8 Å². The van der Waals surface area contributed by atoms with Gasteiger partial charge in [-0.25, -0.2) is 4.57 Å². The average molecular weight is 196 g/mol. The molecule has 7 heteroatoms. The monoisotopic (exact) mass is 196 g/mol. The molecule has 0 fully saturated rings. The second kappa shape index (κ2) is 5.18. The predicted molar refractivity (Wildman–Crippen MR) is 39.2 cm³/mol. The van der Waals surface area contributed by atoms with E-state index in [4.69, 9.17) is 14.9 Å². The van der Waals surface area contributed by atoms with Crippen molar-refractivity contribution in [3.63, 3.8) is 0 Å². The number of aliphatic hydroxyl groups excluding tert-OH is 1. The molecule has 0 radical (unpaired) electrons. The minimum atomic E-state index is -4.53. The Bertz CT molecular complexity index is 206. The molecule has 0 amide bonds. The number of hydrogen-bond donors (Lipinski definition) is 3. The second-order valence-corrected chi connectivity index (χ2v) is 3.11. The van der Waals surface area contributed by atoms with E-state index in [1.807, 2.05) is 0 Å². The van der Waals surface area contributed by atoms with Crippen LogP contribution in [0.1, 0.15) is 0 Å². The number of rotatable bonds is 5. The molecule has 0 aromatic carbocycles. The van der Waals surface area contributed by atoms with Crippen molar-refractivity contribution in [3.8, 4) is 0 Å². The molecule has 0 spiro atoms. The van der Waals surface area contributed by atoms with Gasteiger partial charge in [0.2, 0.25) is 0 Å². The molecular weight excluding hydrogens is 187 g/mol. The van der Waals surface area contributed by atoms with E-state index < -0.39 is 20.5 Å². The summed E-state index contributed by atoms with van der Waals surface area (Å²) in [6, 6.07) is 0. The van der Waals surface area contributed by atoms with Crippen molar-refractivity contribution in [3.05, 3.63) is 12.2 Å². The highest BCUT2D eigenvalue weighted by atomic mass is 31.2. The summed E-state index contributed by atoms with van der Waals surface area (Å²) in [5, 5.41) is 8.83. The molecule has 0 bridgehead atoms. The Labute approximate surface area is 68.7 Å². The van der Waals surface area contributed by atoms with Crippen LogP contribution in [0.3, 0.4) is 0 Å². The van der Waals surface area contributed by atoms with Crippen LogP contribution in [-0.2, 0) is 13.9 Å². The lowest BCUT2D eigenvalue weighted by molar-refractivity contribution is -0.104. The summed E-state index contributed by atoms with van der Waals surface area (Å²) >= 11 is 0. The summed E-state index contributed by atoms with van der Waals surface area (Å²) in [6.45, 7) is -0.547. The third-order valence-corrected chi connectivity index (χ3v) is 1.31. The van der Waals surface area contributed by atoms with Crippen LogP contribution in [0.2, 0.25) is 0 Å². The zero-order valence-corrected chi connectivity index (χ0v) is 6.92. The number of aliphatic hydroxyl groups is 1. The zero-order chi connectivity index (χ0) is 9.61. The predicted octanol–water partition coefficient (Wildman–Crippen LogP) is -0.788. The normalized spacial score (nSPS) is 14.9. The van der Waals surface area contributed by atoms with Gasteiger partial charge in [-0.2, -0.15) is 0 Å². The minimum absolute atomic E-state index is 0.431. The van der Waals surface area contributed by atoms with Crippen molar-refractivity contribution in [1.29, 1.82) is 0 Å². The third kappa shape index (κ3) is 7.59. The number of hydrogen-bond acceptors (Lipinski definition) is 4. The van der Waals surface area contributed by atoms with Gasteiger partial charge < -0.3 is 14.9 Å². The first-order valence-electron chi connectivity index (χ1n) is 2.96. The molecule has 0 aliphatic carbocycles. The maximum absolute atomic E-state index is 10.1. The van der Waals surface area contributed by atoms with E-state index in [0.29, 0.717) is 6.29 Å². The summed E-state index contributed by atoms with van der Waals surface area (Å²) in [7, 11) is -4.53. The lowest BCUT2D eigenvalue weighted by Gasteiger charge is -2.06. The van der Waals surface area contributed by atoms with E-state index in [1.54, 1.807) is 0 Å².